The zero-order chi connectivity index (χ0) is 20.6. The molecule has 0 bridgehead atoms. The first-order valence-electron chi connectivity index (χ1n) is 8.80. The van der Waals surface area contributed by atoms with Crippen molar-refractivity contribution in [3.05, 3.63) is 78.4 Å². The van der Waals surface area contributed by atoms with Gasteiger partial charge in [-0.25, -0.2) is 19.3 Å². The number of benzene rings is 2. The number of carbonyl (C=O) groups excluding carboxylic acids is 3. The van der Waals surface area contributed by atoms with Crippen molar-refractivity contribution >= 4 is 23.6 Å². The minimum Gasteiger partial charge on any atom is -0.449 e. The van der Waals surface area contributed by atoms with Crippen LogP contribution in [0.2, 0.25) is 0 Å². The van der Waals surface area contributed by atoms with Gasteiger partial charge in [-0.15, -0.1) is 0 Å². The molecule has 1 heterocycles. The van der Waals surface area contributed by atoms with Crippen molar-refractivity contribution < 1.29 is 19.1 Å². The van der Waals surface area contributed by atoms with Crippen LogP contribution in [0.15, 0.2) is 67.3 Å². The lowest BCUT2D eigenvalue weighted by molar-refractivity contribution is -0.127. The highest BCUT2D eigenvalue weighted by molar-refractivity contribution is 6.03. The minimum atomic E-state index is -1.14. The van der Waals surface area contributed by atoms with E-state index in [4.69, 9.17) is 4.74 Å². The van der Waals surface area contributed by atoms with Gasteiger partial charge in [0.2, 0.25) is 0 Å². The normalized spacial score (nSPS) is 11.3. The number of nitrogens with zero attached hydrogens (tertiary/aromatic N) is 3. The molecule has 0 saturated heterocycles. The molecule has 1 unspecified atom stereocenters. The maximum absolute atomic E-state index is 12.2. The fourth-order valence-corrected chi connectivity index (χ4v) is 2.43. The van der Waals surface area contributed by atoms with Crippen molar-refractivity contribution in [3.63, 3.8) is 0 Å². The van der Waals surface area contributed by atoms with Crippen molar-refractivity contribution in [2.45, 2.75) is 19.6 Å². The average molecular weight is 393 g/mol. The van der Waals surface area contributed by atoms with Crippen LogP contribution < -0.4 is 10.6 Å². The van der Waals surface area contributed by atoms with Crippen LogP contribution >= 0.6 is 0 Å². The van der Waals surface area contributed by atoms with E-state index in [-0.39, 0.29) is 0 Å². The summed E-state index contributed by atoms with van der Waals surface area (Å²) in [5, 5.41) is 8.67. The first kappa shape index (κ1) is 19.7. The number of hydrogen-bond donors (Lipinski definition) is 2. The molecule has 3 rings (SSSR count). The standard InChI is InChI=1S/C20H19N5O4/c1-14(18(26)24-20(28)23-17-5-3-2-4-6-17)29-19(27)16-9-7-15(8-10-16)11-25-13-21-12-22-25/h2-10,12-14H,11H2,1H3,(H2,23,24,26,28). The van der Waals surface area contributed by atoms with Crippen molar-refractivity contribution in [1.29, 1.82) is 0 Å². The summed E-state index contributed by atoms with van der Waals surface area (Å²) in [6.07, 6.45) is 1.90. The van der Waals surface area contributed by atoms with Crippen molar-refractivity contribution in [2.75, 3.05) is 5.32 Å². The molecular weight excluding hydrogens is 374 g/mol. The van der Waals surface area contributed by atoms with Crippen LogP contribution in [0.5, 0.6) is 0 Å². The predicted octanol–water partition coefficient (Wildman–Crippen LogP) is 2.22. The van der Waals surface area contributed by atoms with Crippen LogP contribution in [0, 0.1) is 0 Å². The number of urea groups is 1. The fourth-order valence-electron chi connectivity index (χ4n) is 2.43. The first-order valence-corrected chi connectivity index (χ1v) is 8.80. The highest BCUT2D eigenvalue weighted by Gasteiger charge is 2.21. The minimum absolute atomic E-state index is 0.292. The number of anilines is 1. The zero-order valence-electron chi connectivity index (χ0n) is 15.6. The van der Waals surface area contributed by atoms with E-state index in [2.05, 4.69) is 20.7 Å². The van der Waals surface area contributed by atoms with Gasteiger partial charge in [-0.2, -0.15) is 5.10 Å². The highest BCUT2D eigenvalue weighted by Crippen LogP contribution is 2.09. The summed E-state index contributed by atoms with van der Waals surface area (Å²) in [6, 6.07) is 14.7. The Kier molecular flexibility index (Phi) is 6.31. The number of aromatic nitrogens is 3. The highest BCUT2D eigenvalue weighted by atomic mass is 16.5. The van der Waals surface area contributed by atoms with E-state index in [1.165, 1.54) is 13.3 Å². The summed E-state index contributed by atoms with van der Waals surface area (Å²) >= 11 is 0. The molecule has 0 spiro atoms. The van der Waals surface area contributed by atoms with Crippen molar-refractivity contribution in [2.24, 2.45) is 0 Å². The van der Waals surface area contributed by atoms with Crippen molar-refractivity contribution in [3.8, 4) is 0 Å². The second kappa shape index (κ2) is 9.27. The Hall–Kier alpha value is -4.01. The Balaban J connectivity index is 1.50. The number of esters is 1. The van der Waals surface area contributed by atoms with Gasteiger partial charge in [-0.05, 0) is 36.8 Å². The van der Waals surface area contributed by atoms with Crippen LogP contribution in [0.1, 0.15) is 22.8 Å². The largest absolute Gasteiger partial charge is 0.449 e. The summed E-state index contributed by atoms with van der Waals surface area (Å²) in [6.45, 7) is 1.91. The Bertz CT molecular complexity index is 972. The number of nitrogens with one attached hydrogen (secondary N) is 2. The molecule has 0 aliphatic rings. The molecule has 0 saturated carbocycles. The van der Waals surface area contributed by atoms with E-state index in [0.717, 1.165) is 5.56 Å². The topological polar surface area (TPSA) is 115 Å². The van der Waals surface area contributed by atoms with Crippen LogP contribution in [0.25, 0.3) is 0 Å². The van der Waals surface area contributed by atoms with Gasteiger partial charge in [-0.3, -0.25) is 10.1 Å². The van der Waals surface area contributed by atoms with E-state index in [0.29, 0.717) is 17.8 Å². The average Bonchev–Trinajstić information content (AvgIpc) is 3.22. The molecule has 29 heavy (non-hydrogen) atoms. The lowest BCUT2D eigenvalue weighted by Crippen LogP contribution is -2.41. The van der Waals surface area contributed by atoms with Gasteiger partial charge in [0.1, 0.15) is 12.7 Å². The van der Waals surface area contributed by atoms with Gasteiger partial charge >= 0.3 is 12.0 Å². The van der Waals surface area contributed by atoms with E-state index in [9.17, 15) is 14.4 Å². The van der Waals surface area contributed by atoms with E-state index >= 15 is 0 Å². The lowest BCUT2D eigenvalue weighted by atomic mass is 10.1. The molecule has 3 amide bonds. The molecule has 1 atom stereocenters. The number of hydrogen-bond acceptors (Lipinski definition) is 6. The third kappa shape index (κ3) is 5.73. The molecule has 9 heteroatoms. The quantitative estimate of drug-likeness (QED) is 0.621. The fraction of sp³-hybridized carbons (Fsp3) is 0.150. The monoisotopic (exact) mass is 393 g/mol. The van der Waals surface area contributed by atoms with Crippen LogP contribution in [0.4, 0.5) is 10.5 Å². The molecule has 3 aromatic rings. The smallest absolute Gasteiger partial charge is 0.338 e. The summed E-state index contributed by atoms with van der Waals surface area (Å²) < 4.78 is 6.79. The molecule has 9 nitrogen and oxygen atoms in total. The van der Waals surface area contributed by atoms with Gasteiger partial charge in [0.25, 0.3) is 5.91 Å². The molecular formula is C20H19N5O4. The summed E-state index contributed by atoms with van der Waals surface area (Å²) in [5.41, 5.74) is 1.75. The molecule has 2 N–H and O–H groups in total. The van der Waals surface area contributed by atoms with E-state index in [1.807, 2.05) is 0 Å². The second-order valence-corrected chi connectivity index (χ2v) is 6.15. The molecule has 148 valence electrons. The van der Waals surface area contributed by atoms with E-state index < -0.39 is 24.0 Å². The predicted molar refractivity (Wildman–Crippen MR) is 104 cm³/mol. The van der Waals surface area contributed by atoms with E-state index in [1.54, 1.807) is 65.6 Å². The first-order chi connectivity index (χ1) is 14.0. The number of imide groups is 1. The maximum atomic E-state index is 12.2. The van der Waals surface area contributed by atoms with Crippen LogP contribution in [-0.4, -0.2) is 38.8 Å². The Labute approximate surface area is 166 Å². The Morgan fingerprint density at radius 1 is 1.07 bits per heavy atom. The summed E-state index contributed by atoms with van der Waals surface area (Å²) in [4.78, 5) is 40.0. The maximum Gasteiger partial charge on any atom is 0.338 e. The third-order valence-electron chi connectivity index (χ3n) is 3.92. The molecule has 0 radical (unpaired) electrons. The molecule has 1 aromatic heterocycles. The van der Waals surface area contributed by atoms with Crippen molar-refractivity contribution in [1.82, 2.24) is 20.1 Å². The Morgan fingerprint density at radius 2 is 1.79 bits per heavy atom. The Morgan fingerprint density at radius 3 is 2.45 bits per heavy atom. The number of rotatable bonds is 6. The van der Waals surface area contributed by atoms with Gasteiger partial charge in [0.05, 0.1) is 12.1 Å². The third-order valence-corrected chi connectivity index (χ3v) is 3.92. The van der Waals surface area contributed by atoms with Gasteiger partial charge in [0.15, 0.2) is 6.10 Å². The van der Waals surface area contributed by atoms with Crippen LogP contribution in [-0.2, 0) is 16.1 Å². The van der Waals surface area contributed by atoms with Gasteiger partial charge in [0, 0.05) is 5.69 Å². The molecule has 2 aromatic carbocycles. The molecule has 0 aliphatic heterocycles. The molecule has 0 aliphatic carbocycles. The van der Waals surface area contributed by atoms with Gasteiger partial charge < -0.3 is 10.1 Å². The summed E-state index contributed by atoms with van der Waals surface area (Å²) in [7, 11) is 0. The van der Waals surface area contributed by atoms with Gasteiger partial charge in [-0.1, -0.05) is 30.3 Å². The number of carbonyl (C=O) groups is 3. The second-order valence-electron chi connectivity index (χ2n) is 6.15. The number of amides is 3. The molecule has 0 fully saturated rings. The number of para-hydroxylation sites is 1. The van der Waals surface area contributed by atoms with Crippen LogP contribution in [0.3, 0.4) is 0 Å². The zero-order valence-corrected chi connectivity index (χ0v) is 15.6. The number of ether oxygens (including phenoxy) is 1. The summed E-state index contributed by atoms with van der Waals surface area (Å²) in [5.74, 6) is -1.39. The SMILES string of the molecule is CC(OC(=O)c1ccc(Cn2cncn2)cc1)C(=O)NC(=O)Nc1ccccc1. The lowest BCUT2D eigenvalue weighted by Gasteiger charge is -2.13.